The van der Waals surface area contributed by atoms with Gasteiger partial charge in [0.1, 0.15) is 19.0 Å². The van der Waals surface area contributed by atoms with Crippen molar-refractivity contribution in [2.75, 3.05) is 13.2 Å². The summed E-state index contributed by atoms with van der Waals surface area (Å²) < 4.78 is 195. The van der Waals surface area contributed by atoms with Crippen LogP contribution in [0.2, 0.25) is 0 Å². The first kappa shape index (κ1) is 42.7. The Morgan fingerprint density at radius 3 is 1.65 bits per heavy atom. The maximum absolute atomic E-state index is 14.5. The predicted molar refractivity (Wildman–Crippen MR) is 134 cm³/mol. The smallest absolute Gasteiger partial charge is 0.462 e. The van der Waals surface area contributed by atoms with Gasteiger partial charge in [0.25, 0.3) is 5.60 Å². The molecule has 0 fully saturated rings. The number of benzene rings is 1. The second-order valence-corrected chi connectivity index (χ2v) is 10.8. The number of carbonyl (C=O) groups excluding carboxylic acids is 3. The highest BCUT2D eigenvalue weighted by Crippen LogP contribution is 2.52. The summed E-state index contributed by atoms with van der Waals surface area (Å²) in [5.41, 5.74) is -8.14. The molecule has 276 valence electrons. The van der Waals surface area contributed by atoms with E-state index in [4.69, 9.17) is 9.47 Å². The summed E-state index contributed by atoms with van der Waals surface area (Å²) in [5, 5.41) is 0. The highest BCUT2D eigenvalue weighted by atomic mass is 19.4. The third kappa shape index (κ3) is 9.41. The zero-order valence-corrected chi connectivity index (χ0v) is 25.7. The Morgan fingerprint density at radius 2 is 1.21 bits per heavy atom. The minimum atomic E-state index is -7.34. The van der Waals surface area contributed by atoms with Crippen molar-refractivity contribution < 1.29 is 95.1 Å². The molecule has 0 aromatic heterocycles. The fourth-order valence-corrected chi connectivity index (χ4v) is 3.13. The maximum atomic E-state index is 14.5. The van der Waals surface area contributed by atoms with Crippen molar-refractivity contribution in [1.82, 2.24) is 0 Å². The summed E-state index contributed by atoms with van der Waals surface area (Å²) in [7, 11) is 0. The lowest BCUT2D eigenvalue weighted by atomic mass is 9.95. The Balaban J connectivity index is 3.18. The number of Topliss-reactive ketones (excluding diaryl/α,β-unsaturated/α-hetero) is 1. The van der Waals surface area contributed by atoms with Gasteiger partial charge in [-0.3, -0.25) is 19.1 Å². The number of ketones is 1. The number of esters is 2. The van der Waals surface area contributed by atoms with Crippen LogP contribution in [-0.2, 0) is 28.5 Å². The highest BCUT2D eigenvalue weighted by molar-refractivity contribution is 6.03. The Hall–Kier alpha value is -3.36. The van der Waals surface area contributed by atoms with Crippen LogP contribution in [0.3, 0.4) is 0 Å². The lowest BCUT2D eigenvalue weighted by Gasteiger charge is -2.40. The van der Waals surface area contributed by atoms with E-state index in [1.54, 1.807) is 13.8 Å². The van der Waals surface area contributed by atoms with Crippen molar-refractivity contribution in [3.63, 3.8) is 0 Å². The van der Waals surface area contributed by atoms with Gasteiger partial charge in [-0.1, -0.05) is 13.8 Å². The molecule has 0 aliphatic rings. The summed E-state index contributed by atoms with van der Waals surface area (Å²) in [6.07, 6.45) is -26.7. The number of carbonyl (C=O) groups is 3. The van der Waals surface area contributed by atoms with Crippen molar-refractivity contribution in [1.29, 1.82) is 0 Å². The Bertz CT molecular complexity index is 1290. The molecule has 21 heteroatoms. The molecule has 3 atom stereocenters. The molecule has 0 bridgehead atoms. The third-order valence-corrected chi connectivity index (χ3v) is 6.45. The van der Waals surface area contributed by atoms with E-state index < -0.39 is 79.1 Å². The molecule has 0 amide bonds. The molecule has 0 radical (unpaired) electrons. The second kappa shape index (κ2) is 14.2. The van der Waals surface area contributed by atoms with E-state index in [0.717, 1.165) is 24.3 Å². The second-order valence-electron chi connectivity index (χ2n) is 10.8. The Labute approximate surface area is 263 Å². The lowest BCUT2D eigenvalue weighted by Crippen LogP contribution is -2.64. The predicted octanol–water partition coefficient (Wildman–Crippen LogP) is 7.58. The van der Waals surface area contributed by atoms with Gasteiger partial charge in [-0.05, 0) is 51.5 Å². The molecule has 0 aliphatic heterocycles. The van der Waals surface area contributed by atoms with Gasteiger partial charge in [-0.15, -0.1) is 0 Å². The molecule has 1 aromatic carbocycles. The van der Waals surface area contributed by atoms with Crippen LogP contribution in [0.15, 0.2) is 24.3 Å². The fraction of sp³-hybridized carbons (Fsp3) is 0.667. The number of rotatable bonds is 16. The SMILES string of the molecule is CCC(C)C(=O)OCCOc1ccc(C(=O)C(C)(C)OC(=O)C(C)(OC(F)(F)C(C)(F)OC(F)(F)C(F)(F)C(F)(F)F)C(F)(F)F)cc1. The van der Waals surface area contributed by atoms with E-state index in [1.165, 1.54) is 0 Å². The Morgan fingerprint density at radius 1 is 0.708 bits per heavy atom. The fourth-order valence-electron chi connectivity index (χ4n) is 3.13. The van der Waals surface area contributed by atoms with Crippen LogP contribution in [0.5, 0.6) is 5.75 Å². The van der Waals surface area contributed by atoms with Crippen LogP contribution in [0.25, 0.3) is 0 Å². The average molecular weight is 728 g/mol. The standard InChI is InChI=1S/C27H29F13O8/c1-7-14(2)18(42)45-13-12-44-16-10-8-15(9-11-16)17(41)20(3,4)46-19(43)21(5,24(31,32)33)47-26(37,38)22(6,28)48-27(39,40)23(29,30)25(34,35)36/h8-11,14H,7,12-13H2,1-6H3. The van der Waals surface area contributed by atoms with Gasteiger partial charge in [0.15, 0.2) is 5.60 Å². The first-order valence-corrected chi connectivity index (χ1v) is 13.3. The molecule has 0 N–H and O–H groups in total. The highest BCUT2D eigenvalue weighted by Gasteiger charge is 2.78. The van der Waals surface area contributed by atoms with E-state index in [9.17, 15) is 71.5 Å². The van der Waals surface area contributed by atoms with Gasteiger partial charge < -0.3 is 14.2 Å². The van der Waals surface area contributed by atoms with E-state index in [-0.39, 0.29) is 30.4 Å². The van der Waals surface area contributed by atoms with Crippen molar-refractivity contribution in [2.45, 2.75) is 95.5 Å². The molecule has 0 saturated heterocycles. The number of alkyl halides is 13. The van der Waals surface area contributed by atoms with E-state index in [1.807, 2.05) is 0 Å². The molecule has 0 spiro atoms. The number of halogens is 13. The molecule has 0 saturated carbocycles. The van der Waals surface area contributed by atoms with E-state index in [0.29, 0.717) is 20.3 Å². The molecular weight excluding hydrogens is 699 g/mol. The van der Waals surface area contributed by atoms with Crippen LogP contribution in [0.1, 0.15) is 58.3 Å². The minimum Gasteiger partial charge on any atom is -0.490 e. The van der Waals surface area contributed by atoms with Crippen molar-refractivity contribution in [2.24, 2.45) is 5.92 Å². The molecule has 1 rings (SSSR count). The van der Waals surface area contributed by atoms with Gasteiger partial charge in [0, 0.05) is 12.5 Å². The number of hydrogen-bond donors (Lipinski definition) is 0. The van der Waals surface area contributed by atoms with Crippen LogP contribution >= 0.6 is 0 Å². The van der Waals surface area contributed by atoms with Crippen molar-refractivity contribution in [3.05, 3.63) is 29.8 Å². The van der Waals surface area contributed by atoms with Crippen molar-refractivity contribution >= 4 is 17.7 Å². The molecule has 48 heavy (non-hydrogen) atoms. The number of hydrogen-bond acceptors (Lipinski definition) is 8. The van der Waals surface area contributed by atoms with Gasteiger partial charge in [-0.2, -0.15) is 52.7 Å². The average Bonchev–Trinajstić information content (AvgIpc) is 2.92. The molecule has 3 unspecified atom stereocenters. The van der Waals surface area contributed by atoms with Crippen LogP contribution in [0, 0.1) is 5.92 Å². The largest absolute Gasteiger partial charge is 0.490 e. The molecule has 1 aromatic rings. The zero-order valence-electron chi connectivity index (χ0n) is 25.7. The molecule has 8 nitrogen and oxygen atoms in total. The summed E-state index contributed by atoms with van der Waals surface area (Å²) in [6.45, 7) is 2.91. The zero-order chi connectivity index (χ0) is 37.9. The first-order valence-electron chi connectivity index (χ1n) is 13.3. The minimum absolute atomic E-state index is 0.0938. The normalized spacial score (nSPS) is 16.7. The monoisotopic (exact) mass is 728 g/mol. The number of ether oxygens (including phenoxy) is 5. The molecule has 0 aliphatic carbocycles. The summed E-state index contributed by atoms with van der Waals surface area (Å²) >= 11 is 0. The van der Waals surface area contributed by atoms with Crippen LogP contribution in [0.4, 0.5) is 57.1 Å². The van der Waals surface area contributed by atoms with Gasteiger partial charge in [0.2, 0.25) is 5.78 Å². The summed E-state index contributed by atoms with van der Waals surface area (Å²) in [4.78, 5) is 37.1. The van der Waals surface area contributed by atoms with Crippen molar-refractivity contribution in [3.8, 4) is 5.75 Å². The third-order valence-electron chi connectivity index (χ3n) is 6.45. The van der Waals surface area contributed by atoms with Gasteiger partial charge >= 0.3 is 48.3 Å². The molecular formula is C27H29F13O8. The molecule has 0 heterocycles. The van der Waals surface area contributed by atoms with E-state index >= 15 is 0 Å². The van der Waals surface area contributed by atoms with Gasteiger partial charge in [0.05, 0.1) is 5.92 Å². The van der Waals surface area contributed by atoms with Crippen LogP contribution < -0.4 is 4.74 Å². The van der Waals surface area contributed by atoms with Gasteiger partial charge in [-0.25, -0.2) is 9.18 Å². The topological polar surface area (TPSA) is 97.4 Å². The lowest BCUT2D eigenvalue weighted by molar-refractivity contribution is -0.501. The van der Waals surface area contributed by atoms with Crippen LogP contribution in [-0.4, -0.2) is 78.5 Å². The quantitative estimate of drug-likeness (QED) is 0.0744. The Kier molecular flexibility index (Phi) is 12.7. The maximum Gasteiger partial charge on any atom is 0.462 e. The summed E-state index contributed by atoms with van der Waals surface area (Å²) in [6, 6.07) is 4.36. The first-order chi connectivity index (χ1) is 21.3. The van der Waals surface area contributed by atoms with E-state index in [2.05, 4.69) is 14.2 Å². The summed E-state index contributed by atoms with van der Waals surface area (Å²) in [5.74, 6) is -18.2.